The maximum atomic E-state index is 12.1. The van der Waals surface area contributed by atoms with Crippen LogP contribution in [0.3, 0.4) is 0 Å². The third-order valence-electron chi connectivity index (χ3n) is 3.52. The molecular formula is C10H18N2O4S. The van der Waals surface area contributed by atoms with Crippen LogP contribution in [-0.4, -0.2) is 39.3 Å². The van der Waals surface area contributed by atoms with Gasteiger partial charge in [-0.05, 0) is 25.7 Å². The minimum atomic E-state index is -3.48. The summed E-state index contributed by atoms with van der Waals surface area (Å²) in [6.45, 7) is 1.06. The van der Waals surface area contributed by atoms with Crippen molar-refractivity contribution in [3.63, 3.8) is 0 Å². The first-order valence-electron chi connectivity index (χ1n) is 5.84. The lowest BCUT2D eigenvalue weighted by Crippen LogP contribution is -2.51. The topological polar surface area (TPSA) is 98.5 Å². The number of nitrogens with two attached hydrogens (primary N) is 1. The highest BCUT2D eigenvalue weighted by molar-refractivity contribution is 7.90. The third kappa shape index (κ3) is 2.61. The van der Waals surface area contributed by atoms with Gasteiger partial charge in [-0.2, -0.15) is 0 Å². The van der Waals surface area contributed by atoms with Crippen LogP contribution in [0, 0.1) is 5.41 Å². The molecule has 0 spiro atoms. The number of hydrogen-bond donors (Lipinski definition) is 2. The number of rotatable bonds is 4. The van der Waals surface area contributed by atoms with Crippen molar-refractivity contribution in [1.82, 2.24) is 4.72 Å². The van der Waals surface area contributed by atoms with Gasteiger partial charge in [-0.15, -0.1) is 0 Å². The van der Waals surface area contributed by atoms with E-state index in [-0.39, 0.29) is 11.8 Å². The molecule has 0 aromatic rings. The molecule has 17 heavy (non-hydrogen) atoms. The van der Waals surface area contributed by atoms with Crippen molar-refractivity contribution >= 4 is 15.9 Å². The van der Waals surface area contributed by atoms with E-state index in [1.54, 1.807) is 0 Å². The highest BCUT2D eigenvalue weighted by Crippen LogP contribution is 2.32. The summed E-state index contributed by atoms with van der Waals surface area (Å²) in [4.78, 5) is 12.1. The maximum absolute atomic E-state index is 12.1. The Hall–Kier alpha value is -0.660. The lowest BCUT2D eigenvalue weighted by atomic mass is 9.80. The average Bonchev–Trinajstić information content (AvgIpc) is 3.13. The predicted octanol–water partition coefficient (Wildman–Crippen LogP) is -0.650. The van der Waals surface area contributed by atoms with Gasteiger partial charge in [-0.3, -0.25) is 9.52 Å². The van der Waals surface area contributed by atoms with Gasteiger partial charge >= 0.3 is 0 Å². The van der Waals surface area contributed by atoms with Crippen molar-refractivity contribution in [3.05, 3.63) is 0 Å². The molecule has 1 aliphatic carbocycles. The van der Waals surface area contributed by atoms with E-state index in [9.17, 15) is 13.2 Å². The molecule has 0 bridgehead atoms. The summed E-state index contributed by atoms with van der Waals surface area (Å²) in [5, 5.41) is -0.388. The van der Waals surface area contributed by atoms with Crippen LogP contribution in [-0.2, 0) is 19.6 Å². The standard InChI is InChI=1S/C10H18N2O4S/c11-7-10(3-5-16-6-4-10)9(13)12-17(14,15)8-1-2-8/h8H,1-7,11H2,(H,12,13). The SMILES string of the molecule is NCC1(C(=O)NS(=O)(=O)C2CC2)CCOCC1. The van der Waals surface area contributed by atoms with Crippen molar-refractivity contribution < 1.29 is 17.9 Å². The molecule has 2 fully saturated rings. The number of nitrogens with one attached hydrogen (secondary N) is 1. The van der Waals surface area contributed by atoms with Gasteiger partial charge in [0.25, 0.3) is 0 Å². The Morgan fingerprint density at radius 3 is 2.41 bits per heavy atom. The van der Waals surface area contributed by atoms with Crippen molar-refractivity contribution in [3.8, 4) is 0 Å². The van der Waals surface area contributed by atoms with E-state index < -0.39 is 21.3 Å². The molecule has 3 N–H and O–H groups in total. The quantitative estimate of drug-likeness (QED) is 0.701. The van der Waals surface area contributed by atoms with E-state index >= 15 is 0 Å². The lowest BCUT2D eigenvalue weighted by molar-refractivity contribution is -0.133. The molecule has 2 rings (SSSR count). The summed E-state index contributed by atoms with van der Waals surface area (Å²) in [7, 11) is -3.48. The number of sulfonamides is 1. The molecule has 98 valence electrons. The van der Waals surface area contributed by atoms with Gasteiger partial charge in [0.1, 0.15) is 0 Å². The summed E-state index contributed by atoms with van der Waals surface area (Å²) in [6, 6.07) is 0. The molecule has 0 unspecified atom stereocenters. The van der Waals surface area contributed by atoms with E-state index in [1.807, 2.05) is 0 Å². The molecule has 0 aromatic heterocycles. The van der Waals surface area contributed by atoms with Crippen LogP contribution in [0.4, 0.5) is 0 Å². The Morgan fingerprint density at radius 1 is 1.35 bits per heavy atom. The summed E-state index contributed by atoms with van der Waals surface area (Å²) in [5.41, 5.74) is 4.86. The second-order valence-electron chi connectivity index (χ2n) is 4.77. The smallest absolute Gasteiger partial charge is 0.241 e. The van der Waals surface area contributed by atoms with Gasteiger partial charge in [0.15, 0.2) is 0 Å². The summed E-state index contributed by atoms with van der Waals surface area (Å²) in [6.07, 6.45) is 2.24. The van der Waals surface area contributed by atoms with Gasteiger partial charge < -0.3 is 10.5 Å². The van der Waals surface area contributed by atoms with Gasteiger partial charge in [0.2, 0.25) is 15.9 Å². The highest BCUT2D eigenvalue weighted by atomic mass is 32.2. The Labute approximate surface area is 101 Å². The van der Waals surface area contributed by atoms with Gasteiger partial charge in [-0.1, -0.05) is 0 Å². The monoisotopic (exact) mass is 262 g/mol. The minimum absolute atomic E-state index is 0.155. The van der Waals surface area contributed by atoms with Crippen molar-refractivity contribution in [2.45, 2.75) is 30.9 Å². The summed E-state index contributed by atoms with van der Waals surface area (Å²) in [5.74, 6) is -0.463. The number of hydrogen-bond acceptors (Lipinski definition) is 5. The molecule has 1 saturated carbocycles. The highest BCUT2D eigenvalue weighted by Gasteiger charge is 2.43. The fraction of sp³-hybridized carbons (Fsp3) is 0.900. The zero-order valence-corrected chi connectivity index (χ0v) is 10.5. The summed E-state index contributed by atoms with van der Waals surface area (Å²) >= 11 is 0. The van der Waals surface area contributed by atoms with Crippen LogP contribution in [0.15, 0.2) is 0 Å². The summed E-state index contributed by atoms with van der Waals surface area (Å²) < 4.78 is 30.8. The molecule has 0 atom stereocenters. The second-order valence-corrected chi connectivity index (χ2v) is 6.73. The molecule has 0 radical (unpaired) electrons. The second kappa shape index (κ2) is 4.55. The van der Waals surface area contributed by atoms with E-state index in [4.69, 9.17) is 10.5 Å². The molecule has 7 heteroatoms. The van der Waals surface area contributed by atoms with Crippen LogP contribution < -0.4 is 10.5 Å². The first-order valence-corrected chi connectivity index (χ1v) is 7.39. The fourth-order valence-electron chi connectivity index (χ4n) is 1.99. The van der Waals surface area contributed by atoms with Gasteiger partial charge in [0, 0.05) is 19.8 Å². The normalized spacial score (nSPS) is 24.3. The Balaban J connectivity index is 2.06. The molecule has 0 aromatic carbocycles. The number of ether oxygens (including phenoxy) is 1. The molecule has 1 heterocycles. The Kier molecular flexibility index (Phi) is 3.42. The molecule has 6 nitrogen and oxygen atoms in total. The molecule has 1 saturated heterocycles. The largest absolute Gasteiger partial charge is 0.381 e. The van der Waals surface area contributed by atoms with Gasteiger partial charge in [-0.25, -0.2) is 8.42 Å². The third-order valence-corrected chi connectivity index (χ3v) is 5.34. The number of amides is 1. The van der Waals surface area contributed by atoms with Crippen molar-refractivity contribution in [1.29, 1.82) is 0 Å². The molecular weight excluding hydrogens is 244 g/mol. The first-order chi connectivity index (χ1) is 8.00. The minimum Gasteiger partial charge on any atom is -0.381 e. The van der Waals surface area contributed by atoms with E-state index in [1.165, 1.54) is 0 Å². The van der Waals surface area contributed by atoms with Crippen molar-refractivity contribution in [2.75, 3.05) is 19.8 Å². The molecule has 1 aliphatic heterocycles. The molecule has 1 amide bonds. The van der Waals surface area contributed by atoms with E-state index in [0.29, 0.717) is 38.9 Å². The number of carbonyl (C=O) groups is 1. The first kappa shape index (κ1) is 12.8. The van der Waals surface area contributed by atoms with Crippen LogP contribution in [0.2, 0.25) is 0 Å². The van der Waals surface area contributed by atoms with E-state index in [0.717, 1.165) is 0 Å². The predicted molar refractivity (Wildman–Crippen MR) is 61.6 cm³/mol. The maximum Gasteiger partial charge on any atom is 0.241 e. The molecule has 2 aliphatic rings. The van der Waals surface area contributed by atoms with Crippen LogP contribution in [0.25, 0.3) is 0 Å². The Morgan fingerprint density at radius 2 is 1.94 bits per heavy atom. The van der Waals surface area contributed by atoms with Crippen LogP contribution in [0.1, 0.15) is 25.7 Å². The van der Waals surface area contributed by atoms with Crippen LogP contribution >= 0.6 is 0 Å². The lowest BCUT2D eigenvalue weighted by Gasteiger charge is -2.34. The van der Waals surface area contributed by atoms with E-state index in [2.05, 4.69) is 4.72 Å². The van der Waals surface area contributed by atoms with Crippen molar-refractivity contribution in [2.24, 2.45) is 11.1 Å². The number of carbonyl (C=O) groups excluding carboxylic acids is 1. The van der Waals surface area contributed by atoms with Crippen LogP contribution in [0.5, 0.6) is 0 Å². The zero-order chi connectivity index (χ0) is 12.5. The van der Waals surface area contributed by atoms with Gasteiger partial charge in [0.05, 0.1) is 10.7 Å². The average molecular weight is 262 g/mol. The Bertz CT molecular complexity index is 397. The zero-order valence-electron chi connectivity index (χ0n) is 9.65. The fourth-order valence-corrected chi connectivity index (χ4v) is 3.38.